The molecule has 3 heterocycles. The number of aryl methyl sites for hydroxylation is 1. The van der Waals surface area contributed by atoms with E-state index in [0.29, 0.717) is 67.8 Å². The van der Waals surface area contributed by atoms with E-state index in [1.165, 1.54) is 0 Å². The first-order chi connectivity index (χ1) is 31.8. The number of aromatic nitrogens is 1. The summed E-state index contributed by atoms with van der Waals surface area (Å²) in [6, 6.07) is 30.1. The van der Waals surface area contributed by atoms with Crippen molar-refractivity contribution >= 4 is 61.6 Å². The van der Waals surface area contributed by atoms with Crippen LogP contribution in [0.25, 0.3) is 11.1 Å². The number of rotatable bonds is 16. The van der Waals surface area contributed by atoms with Gasteiger partial charge in [0.15, 0.2) is 26.9 Å². The normalized spacial score (nSPS) is 16.1. The molecule has 5 aromatic carbocycles. The maximum atomic E-state index is 14.8. The fourth-order valence-electron chi connectivity index (χ4n) is 7.79. The molecule has 340 valence electrons. The van der Waals surface area contributed by atoms with Gasteiger partial charge in [-0.3, -0.25) is 4.79 Å². The predicted octanol–water partition coefficient (Wildman–Crippen LogP) is 9.53. The lowest BCUT2D eigenvalue weighted by Crippen LogP contribution is -2.55. The lowest BCUT2D eigenvalue weighted by Gasteiger charge is -2.36. The van der Waals surface area contributed by atoms with Crippen LogP contribution in [0.3, 0.4) is 0 Å². The van der Waals surface area contributed by atoms with Crippen molar-refractivity contribution in [2.45, 2.75) is 75.1 Å². The molecular weight excluding hydrogens is 922 g/mol. The SMILES string of the molecule is CCCCNc1nc(C)c(S(=O)(=O)N2Cc3cc4c(cc3C[C@H]2C(=O)NC(Cc2ccc(-c3ccc(C#N)cc3)cc2)C(=O)O)OC[C@H](c2ccc(OCc3ccc(Cl)c(Cl)c3)cc2)O4)s1. The van der Waals surface area contributed by atoms with Crippen molar-refractivity contribution in [3.63, 3.8) is 0 Å². The van der Waals surface area contributed by atoms with Crippen LogP contribution in [0.4, 0.5) is 5.13 Å². The quantitative estimate of drug-likeness (QED) is 0.0787. The number of ether oxygens (including phenoxy) is 3. The lowest BCUT2D eigenvalue weighted by atomic mass is 9.94. The summed E-state index contributed by atoms with van der Waals surface area (Å²) in [5.74, 6) is -0.534. The van der Waals surface area contributed by atoms with Crippen LogP contribution in [0, 0.1) is 18.3 Å². The number of aliphatic carboxylic acids is 1. The Hall–Kier alpha value is -6.15. The molecule has 17 heteroatoms. The van der Waals surface area contributed by atoms with Crippen molar-refractivity contribution in [2.75, 3.05) is 18.5 Å². The largest absolute Gasteiger partial charge is 0.489 e. The van der Waals surface area contributed by atoms with Crippen LogP contribution in [-0.2, 0) is 45.6 Å². The highest BCUT2D eigenvalue weighted by molar-refractivity contribution is 7.91. The molecule has 0 saturated heterocycles. The van der Waals surface area contributed by atoms with Gasteiger partial charge >= 0.3 is 5.97 Å². The topological polar surface area (TPSA) is 180 Å². The molecule has 0 aliphatic carbocycles. The van der Waals surface area contributed by atoms with Crippen LogP contribution in [0.5, 0.6) is 17.2 Å². The molecule has 0 radical (unpaired) electrons. The number of nitrogens with one attached hydrogen (secondary N) is 2. The maximum absolute atomic E-state index is 14.8. The maximum Gasteiger partial charge on any atom is 0.326 e. The van der Waals surface area contributed by atoms with Crippen LogP contribution in [0.15, 0.2) is 107 Å². The lowest BCUT2D eigenvalue weighted by molar-refractivity contribution is -0.142. The Morgan fingerprint density at radius 2 is 1.65 bits per heavy atom. The molecule has 1 unspecified atom stereocenters. The smallest absolute Gasteiger partial charge is 0.326 e. The molecule has 6 aromatic rings. The third-order valence-corrected chi connectivity index (χ3v) is 15.7. The van der Waals surface area contributed by atoms with E-state index < -0.39 is 40.1 Å². The summed E-state index contributed by atoms with van der Waals surface area (Å²) in [5.41, 5.74) is 6.20. The molecule has 66 heavy (non-hydrogen) atoms. The molecule has 3 N–H and O–H groups in total. The minimum absolute atomic E-state index is 0.0121. The molecule has 3 atom stereocenters. The zero-order valence-electron chi connectivity index (χ0n) is 35.9. The van der Waals surface area contributed by atoms with E-state index in [4.69, 9.17) is 42.7 Å². The number of sulfonamides is 1. The van der Waals surface area contributed by atoms with Gasteiger partial charge in [-0.1, -0.05) is 102 Å². The van der Waals surface area contributed by atoms with Crippen LogP contribution < -0.4 is 24.8 Å². The summed E-state index contributed by atoms with van der Waals surface area (Å²) in [5, 5.41) is 26.7. The van der Waals surface area contributed by atoms with Gasteiger partial charge in [0.25, 0.3) is 10.0 Å². The molecule has 0 saturated carbocycles. The first-order valence-corrected chi connectivity index (χ1v) is 24.3. The number of anilines is 1. The number of carbonyl (C=O) groups is 2. The van der Waals surface area contributed by atoms with Crippen molar-refractivity contribution in [1.29, 1.82) is 5.26 Å². The molecule has 13 nitrogen and oxygen atoms in total. The first kappa shape index (κ1) is 46.4. The van der Waals surface area contributed by atoms with Gasteiger partial charge in [-0.15, -0.1) is 0 Å². The number of carboxylic acids is 1. The molecule has 1 aromatic heterocycles. The van der Waals surface area contributed by atoms with E-state index in [1.807, 2.05) is 54.6 Å². The number of fused-ring (bicyclic) bond motifs is 2. The van der Waals surface area contributed by atoms with Gasteiger partial charge in [-0.05, 0) is 107 Å². The number of thiazole rings is 1. The standard InChI is InChI=1S/C49H45Cl2N5O8S2/c1-3-4-19-53-49-54-29(2)48(65-49)66(60,61)56-26-37-24-44-43(63-28-45(64-44)35-14-16-38(17-15-35)62-27-32-9-18-39(50)40(51)20-32)23-36(37)22-42(56)46(57)55-41(47(58)59)21-30-5-10-33(11-6-30)34-12-7-31(25-52)8-13-34/h5-18,20,23-24,41-42,45H,3-4,19,21-22,26-28H2,1-2H3,(H,53,54)(H,55,57)(H,58,59)/t41?,42-,45+/m0/s1. The second kappa shape index (κ2) is 20.2. The first-order valence-electron chi connectivity index (χ1n) is 21.3. The Labute approximate surface area is 396 Å². The van der Waals surface area contributed by atoms with Gasteiger partial charge in [-0.25, -0.2) is 18.2 Å². The van der Waals surface area contributed by atoms with Crippen molar-refractivity contribution < 1.29 is 37.3 Å². The summed E-state index contributed by atoms with van der Waals surface area (Å²) in [6.45, 7) is 4.57. The number of hydrogen-bond acceptors (Lipinski definition) is 11. The fraction of sp³-hybridized carbons (Fsp3) is 0.265. The van der Waals surface area contributed by atoms with E-state index in [1.54, 1.807) is 55.5 Å². The highest BCUT2D eigenvalue weighted by Crippen LogP contribution is 2.42. The van der Waals surface area contributed by atoms with Gasteiger partial charge in [0.2, 0.25) is 5.91 Å². The Balaban J connectivity index is 1.02. The van der Waals surface area contributed by atoms with Gasteiger partial charge in [0.1, 0.15) is 31.0 Å². The fourth-order valence-corrected chi connectivity index (χ4v) is 11.2. The van der Waals surface area contributed by atoms with Crippen molar-refractivity contribution in [1.82, 2.24) is 14.6 Å². The number of unbranched alkanes of at least 4 members (excludes halogenated alkanes) is 1. The summed E-state index contributed by atoms with van der Waals surface area (Å²) in [7, 11) is -4.37. The van der Waals surface area contributed by atoms with Crippen LogP contribution in [0.1, 0.15) is 64.9 Å². The number of hydrogen-bond donors (Lipinski definition) is 3. The predicted molar refractivity (Wildman–Crippen MR) is 253 cm³/mol. The van der Waals surface area contributed by atoms with Crippen molar-refractivity contribution in [3.05, 3.63) is 152 Å². The van der Waals surface area contributed by atoms with Crippen molar-refractivity contribution in [2.24, 2.45) is 0 Å². The van der Waals surface area contributed by atoms with E-state index in [-0.39, 0.29) is 35.9 Å². The molecular formula is C49H45Cl2N5O8S2. The Kier molecular flexibility index (Phi) is 14.2. The molecule has 1 amide bonds. The third kappa shape index (κ3) is 10.4. The number of nitrogens with zero attached hydrogens (tertiary/aromatic N) is 3. The van der Waals surface area contributed by atoms with E-state index >= 15 is 0 Å². The van der Waals surface area contributed by atoms with Gasteiger partial charge in [0.05, 0.1) is 27.4 Å². The van der Waals surface area contributed by atoms with Crippen LogP contribution in [-0.4, -0.2) is 59.9 Å². The van der Waals surface area contributed by atoms with Crippen LogP contribution in [0.2, 0.25) is 10.0 Å². The third-order valence-electron chi connectivity index (χ3n) is 11.4. The molecule has 2 aliphatic rings. The van der Waals surface area contributed by atoms with E-state index in [2.05, 4.69) is 28.6 Å². The molecule has 2 aliphatic heterocycles. The van der Waals surface area contributed by atoms with Gasteiger partial charge < -0.3 is 30.0 Å². The highest BCUT2D eigenvalue weighted by atomic mass is 35.5. The van der Waals surface area contributed by atoms with E-state index in [9.17, 15) is 23.1 Å². The Bertz CT molecular complexity index is 2910. The van der Waals surface area contributed by atoms with Crippen LogP contribution >= 0.6 is 34.5 Å². The minimum Gasteiger partial charge on any atom is -0.489 e. The molecule has 0 spiro atoms. The summed E-state index contributed by atoms with van der Waals surface area (Å²) >= 11 is 13.2. The summed E-state index contributed by atoms with van der Waals surface area (Å²) in [6.07, 6.45) is 1.21. The summed E-state index contributed by atoms with van der Waals surface area (Å²) in [4.78, 5) is 31.6. The molecule has 8 rings (SSSR count). The highest BCUT2D eigenvalue weighted by Gasteiger charge is 2.43. The average molecular weight is 967 g/mol. The number of amides is 1. The number of carboxylic acid groups (broad SMARTS) is 1. The number of benzene rings is 5. The van der Waals surface area contributed by atoms with Gasteiger partial charge in [-0.2, -0.15) is 9.57 Å². The number of nitriles is 1. The number of halogens is 2. The second-order valence-electron chi connectivity index (χ2n) is 16.0. The minimum atomic E-state index is -4.37. The Morgan fingerprint density at radius 1 is 0.955 bits per heavy atom. The zero-order chi connectivity index (χ0) is 46.5. The van der Waals surface area contributed by atoms with Gasteiger partial charge in [0, 0.05) is 19.5 Å². The molecule has 0 fully saturated rings. The second-order valence-corrected chi connectivity index (χ2v) is 19.9. The van der Waals surface area contributed by atoms with Crippen molar-refractivity contribution in [3.8, 4) is 34.4 Å². The zero-order valence-corrected chi connectivity index (χ0v) is 39.1. The molecule has 0 bridgehead atoms. The Morgan fingerprint density at radius 3 is 2.33 bits per heavy atom. The van der Waals surface area contributed by atoms with E-state index in [0.717, 1.165) is 50.7 Å². The monoisotopic (exact) mass is 965 g/mol. The average Bonchev–Trinajstić information content (AvgIpc) is 3.71. The summed E-state index contributed by atoms with van der Waals surface area (Å²) < 4.78 is 49.3. The number of carbonyl (C=O) groups excluding carboxylic acids is 1.